The Morgan fingerprint density at radius 1 is 1.19 bits per heavy atom. The molecule has 0 aliphatic heterocycles. The molecule has 0 fully saturated rings. The number of aromatic nitrogens is 2. The van der Waals surface area contributed by atoms with Crippen molar-refractivity contribution in [2.75, 3.05) is 0 Å². The van der Waals surface area contributed by atoms with Crippen molar-refractivity contribution in [2.24, 2.45) is 7.05 Å². The standard InChI is InChI=1S/C12H15N2.Au.ClH/c1-11-3-5-12(6-4-11)9-14-8-7-13(2)10-14;;/h3-8,10H,9H2,1-2H3;;1H/q2*+1;/p-1. The summed E-state index contributed by atoms with van der Waals surface area (Å²) in [6, 6.07) is 8.66. The number of hydrogen-bond donors (Lipinski definition) is 0. The van der Waals surface area contributed by atoms with Gasteiger partial charge in [-0.15, -0.1) is 0 Å². The molecular formula is C12H15AuClN2+. The molecule has 0 bridgehead atoms. The van der Waals surface area contributed by atoms with Crippen LogP contribution in [-0.2, 0) is 36.0 Å². The zero-order valence-corrected chi connectivity index (χ0v) is 12.2. The maximum absolute atomic E-state index is 2.18. The Morgan fingerprint density at radius 2 is 1.81 bits per heavy atom. The van der Waals surface area contributed by atoms with Crippen molar-refractivity contribution in [1.29, 1.82) is 0 Å². The van der Waals surface area contributed by atoms with Crippen molar-refractivity contribution >= 4 is 0 Å². The molecule has 0 saturated carbocycles. The first-order valence-electron chi connectivity index (χ1n) is 4.80. The predicted molar refractivity (Wildman–Crippen MR) is 55.9 cm³/mol. The van der Waals surface area contributed by atoms with Crippen LogP contribution < -0.4 is 17.0 Å². The Bertz CT molecular complexity index is 423. The van der Waals surface area contributed by atoms with Crippen molar-refractivity contribution in [3.63, 3.8) is 0 Å². The molecule has 0 saturated heterocycles. The first-order chi connectivity index (χ1) is 6.74. The summed E-state index contributed by atoms with van der Waals surface area (Å²) in [7, 11) is 2.03. The van der Waals surface area contributed by atoms with Gasteiger partial charge in [0.25, 0.3) is 0 Å². The summed E-state index contributed by atoms with van der Waals surface area (Å²) in [6.07, 6.45) is 6.22. The number of halogens is 1. The van der Waals surface area contributed by atoms with Crippen LogP contribution in [0.3, 0.4) is 0 Å². The second-order valence-electron chi connectivity index (χ2n) is 3.74. The van der Waals surface area contributed by atoms with E-state index in [9.17, 15) is 0 Å². The Morgan fingerprint density at radius 3 is 2.31 bits per heavy atom. The fraction of sp³-hybridized carbons (Fsp3) is 0.250. The van der Waals surface area contributed by atoms with Crippen LogP contribution in [0.5, 0.6) is 0 Å². The van der Waals surface area contributed by atoms with Crippen LogP contribution in [0.25, 0.3) is 0 Å². The number of aryl methyl sites for hydroxylation is 2. The van der Waals surface area contributed by atoms with Gasteiger partial charge in [0.1, 0.15) is 18.9 Å². The van der Waals surface area contributed by atoms with Crippen molar-refractivity contribution in [3.8, 4) is 0 Å². The molecule has 0 aliphatic carbocycles. The first-order valence-corrected chi connectivity index (χ1v) is 4.80. The smallest absolute Gasteiger partial charge is 1.00 e. The molecule has 0 atom stereocenters. The molecule has 1 aromatic carbocycles. The number of hydrogen-bond acceptors (Lipinski definition) is 0. The van der Waals surface area contributed by atoms with E-state index >= 15 is 0 Å². The van der Waals surface area contributed by atoms with E-state index in [4.69, 9.17) is 0 Å². The van der Waals surface area contributed by atoms with Crippen LogP contribution in [-0.4, -0.2) is 4.57 Å². The van der Waals surface area contributed by atoms with Gasteiger partial charge < -0.3 is 12.4 Å². The molecule has 0 spiro atoms. The van der Waals surface area contributed by atoms with Gasteiger partial charge in [0.2, 0.25) is 6.33 Å². The Kier molecular flexibility index (Phi) is 6.68. The van der Waals surface area contributed by atoms with Gasteiger partial charge in [0.15, 0.2) is 0 Å². The van der Waals surface area contributed by atoms with Crippen molar-refractivity contribution in [3.05, 3.63) is 54.1 Å². The van der Waals surface area contributed by atoms with Crippen molar-refractivity contribution in [1.82, 2.24) is 4.57 Å². The van der Waals surface area contributed by atoms with E-state index in [1.54, 1.807) is 0 Å². The molecule has 2 aromatic rings. The average Bonchev–Trinajstić information content (AvgIpc) is 2.56. The molecule has 2 nitrogen and oxygen atoms in total. The molecule has 0 aliphatic rings. The van der Waals surface area contributed by atoms with E-state index in [2.05, 4.69) is 48.3 Å². The Labute approximate surface area is 118 Å². The summed E-state index contributed by atoms with van der Waals surface area (Å²) in [5.41, 5.74) is 2.65. The van der Waals surface area contributed by atoms with Crippen LogP contribution in [0, 0.1) is 6.92 Å². The number of benzene rings is 1. The van der Waals surface area contributed by atoms with Gasteiger partial charge in [-0.25, -0.2) is 9.13 Å². The Balaban J connectivity index is 0.00000112. The molecule has 1 aromatic heterocycles. The van der Waals surface area contributed by atoms with E-state index in [1.807, 2.05) is 17.8 Å². The van der Waals surface area contributed by atoms with Crippen LogP contribution in [0.1, 0.15) is 11.1 Å². The van der Waals surface area contributed by atoms with E-state index in [0.29, 0.717) is 0 Å². The largest absolute Gasteiger partial charge is 1.00 e. The third-order valence-corrected chi connectivity index (χ3v) is 2.31. The van der Waals surface area contributed by atoms with Gasteiger partial charge in [0, 0.05) is 0 Å². The minimum absolute atomic E-state index is 0. The summed E-state index contributed by atoms with van der Waals surface area (Å²) in [5.74, 6) is 0. The van der Waals surface area contributed by atoms with Crippen LogP contribution >= 0.6 is 0 Å². The van der Waals surface area contributed by atoms with Gasteiger partial charge in [-0.1, -0.05) is 29.8 Å². The summed E-state index contributed by atoms with van der Waals surface area (Å²) < 4.78 is 4.22. The van der Waals surface area contributed by atoms with Crippen LogP contribution in [0.2, 0.25) is 0 Å². The molecule has 0 N–H and O–H groups in total. The second-order valence-corrected chi connectivity index (χ2v) is 3.74. The molecule has 0 unspecified atom stereocenters. The van der Waals surface area contributed by atoms with Gasteiger partial charge in [-0.3, -0.25) is 0 Å². The SMILES string of the molecule is Cc1ccc(Cn2cc[n+](C)c2)cc1.[Au+].[Cl-]. The summed E-state index contributed by atoms with van der Waals surface area (Å²) in [6.45, 7) is 3.06. The molecule has 4 heteroatoms. The van der Waals surface area contributed by atoms with E-state index in [-0.39, 0.29) is 34.8 Å². The normalized spacial score (nSPS) is 9.12. The van der Waals surface area contributed by atoms with Gasteiger partial charge in [-0.05, 0) is 12.5 Å². The Hall–Kier alpha value is -0.540. The minimum atomic E-state index is 0. The fourth-order valence-electron chi connectivity index (χ4n) is 1.50. The second kappa shape index (κ2) is 6.92. The van der Waals surface area contributed by atoms with Gasteiger partial charge in [0.05, 0.1) is 7.05 Å². The fourth-order valence-corrected chi connectivity index (χ4v) is 1.50. The zero-order chi connectivity index (χ0) is 9.97. The molecule has 0 radical (unpaired) electrons. The van der Waals surface area contributed by atoms with Crippen LogP contribution in [0.15, 0.2) is 43.0 Å². The molecule has 1 heterocycles. The number of rotatable bonds is 2. The summed E-state index contributed by atoms with van der Waals surface area (Å²) in [5, 5.41) is 0. The summed E-state index contributed by atoms with van der Waals surface area (Å²) >= 11 is 0. The zero-order valence-electron chi connectivity index (χ0n) is 9.32. The first kappa shape index (κ1) is 15.5. The van der Waals surface area contributed by atoms with Gasteiger partial charge >= 0.3 is 22.4 Å². The third-order valence-electron chi connectivity index (χ3n) is 2.31. The van der Waals surface area contributed by atoms with Crippen LogP contribution in [0.4, 0.5) is 0 Å². The maximum Gasteiger partial charge on any atom is 1.00 e. The average molecular weight is 420 g/mol. The third kappa shape index (κ3) is 4.14. The molecule has 16 heavy (non-hydrogen) atoms. The molecular weight excluding hydrogens is 405 g/mol. The number of imidazole rings is 1. The monoisotopic (exact) mass is 419 g/mol. The molecule has 2 rings (SSSR count). The minimum Gasteiger partial charge on any atom is -1.00 e. The topological polar surface area (TPSA) is 8.81 Å². The van der Waals surface area contributed by atoms with Crippen molar-refractivity contribution in [2.45, 2.75) is 13.5 Å². The predicted octanol–water partition coefficient (Wildman–Crippen LogP) is -1.33. The van der Waals surface area contributed by atoms with Gasteiger partial charge in [-0.2, -0.15) is 0 Å². The summed E-state index contributed by atoms with van der Waals surface area (Å²) in [4.78, 5) is 0. The van der Waals surface area contributed by atoms with Crippen molar-refractivity contribution < 1.29 is 39.4 Å². The molecule has 90 valence electrons. The van der Waals surface area contributed by atoms with E-state index in [0.717, 1.165) is 6.54 Å². The quantitative estimate of drug-likeness (QED) is 0.421. The number of nitrogens with zero attached hydrogens (tertiary/aromatic N) is 2. The van der Waals surface area contributed by atoms with E-state index in [1.165, 1.54) is 11.1 Å². The molecule has 0 amide bonds. The van der Waals surface area contributed by atoms with E-state index < -0.39 is 0 Å². The maximum atomic E-state index is 2.18.